The molecule has 7 heteroatoms. The standard InChI is InChI=1S/C31H31NO5S/c1-19-28(31(34)37-14-13-20-8-5-4-6-9-20)30(27-10-7-15-38-27)29-23(32-19)16-22(17-24(29)33)21-11-12-25(35-2)26(18-21)36-3/h4-12,15,18,22,28,30H,13-14,16-17H2,1-3H3. The maximum absolute atomic E-state index is 13.7. The molecule has 0 radical (unpaired) electrons. The molecule has 38 heavy (non-hydrogen) atoms. The molecule has 6 nitrogen and oxygen atoms in total. The third-order valence-corrected chi connectivity index (χ3v) is 8.30. The SMILES string of the molecule is COc1ccc(C2CC(=O)C3=C(C2)N=C(C)C(C(=O)OCCc2ccccc2)C3c2cccs2)cc1OC. The van der Waals surface area contributed by atoms with E-state index in [1.165, 1.54) is 0 Å². The van der Waals surface area contributed by atoms with Crippen LogP contribution in [-0.4, -0.2) is 38.3 Å². The number of hydrogen-bond acceptors (Lipinski definition) is 7. The Morgan fingerprint density at radius 3 is 2.50 bits per heavy atom. The molecule has 196 valence electrons. The van der Waals surface area contributed by atoms with Gasteiger partial charge in [-0.25, -0.2) is 0 Å². The Balaban J connectivity index is 1.42. The van der Waals surface area contributed by atoms with Crippen LogP contribution in [0.2, 0.25) is 0 Å². The van der Waals surface area contributed by atoms with Crippen LogP contribution >= 0.6 is 11.3 Å². The number of hydrogen-bond donors (Lipinski definition) is 0. The van der Waals surface area contributed by atoms with Crippen molar-refractivity contribution in [3.05, 3.63) is 93.3 Å². The van der Waals surface area contributed by atoms with Crippen molar-refractivity contribution < 1.29 is 23.8 Å². The van der Waals surface area contributed by atoms with E-state index in [0.29, 0.717) is 42.0 Å². The van der Waals surface area contributed by atoms with Crippen molar-refractivity contribution in [1.82, 2.24) is 0 Å². The molecule has 5 rings (SSSR count). The number of aliphatic imine (C=N–C) groups is 1. The second-order valence-corrected chi connectivity index (χ2v) is 10.6. The lowest BCUT2D eigenvalue weighted by molar-refractivity contribution is -0.146. The summed E-state index contributed by atoms with van der Waals surface area (Å²) in [5.41, 5.74) is 4.22. The molecule has 2 heterocycles. The van der Waals surface area contributed by atoms with Crippen LogP contribution in [0, 0.1) is 5.92 Å². The number of Topliss-reactive ketones (excluding diaryl/α,β-unsaturated/α-hetero) is 1. The molecule has 1 aliphatic carbocycles. The average molecular weight is 530 g/mol. The Morgan fingerprint density at radius 1 is 1.00 bits per heavy atom. The second-order valence-electron chi connectivity index (χ2n) is 9.63. The Labute approximate surface area is 227 Å². The van der Waals surface area contributed by atoms with Gasteiger partial charge in [-0.1, -0.05) is 42.5 Å². The van der Waals surface area contributed by atoms with Gasteiger partial charge in [0.05, 0.1) is 20.8 Å². The van der Waals surface area contributed by atoms with Gasteiger partial charge >= 0.3 is 5.97 Å². The lowest BCUT2D eigenvalue weighted by atomic mass is 9.71. The number of ketones is 1. The van der Waals surface area contributed by atoms with E-state index in [9.17, 15) is 9.59 Å². The Morgan fingerprint density at radius 2 is 1.79 bits per heavy atom. The van der Waals surface area contributed by atoms with Gasteiger partial charge in [0.15, 0.2) is 17.3 Å². The third kappa shape index (κ3) is 5.16. The Kier molecular flexibility index (Phi) is 7.74. The van der Waals surface area contributed by atoms with Crippen molar-refractivity contribution in [3.8, 4) is 11.5 Å². The first kappa shape index (κ1) is 25.9. The molecule has 3 unspecified atom stereocenters. The van der Waals surface area contributed by atoms with Crippen molar-refractivity contribution in [1.29, 1.82) is 0 Å². The van der Waals surface area contributed by atoms with Crippen molar-refractivity contribution >= 4 is 28.8 Å². The summed E-state index contributed by atoms with van der Waals surface area (Å²) in [6.07, 6.45) is 1.60. The van der Waals surface area contributed by atoms with Crippen molar-refractivity contribution in [2.75, 3.05) is 20.8 Å². The Hall–Kier alpha value is -3.71. The highest BCUT2D eigenvalue weighted by atomic mass is 32.1. The van der Waals surface area contributed by atoms with E-state index in [4.69, 9.17) is 19.2 Å². The fraction of sp³-hybridized carbons (Fsp3) is 0.323. The van der Waals surface area contributed by atoms with Gasteiger partial charge in [0.1, 0.15) is 5.92 Å². The molecule has 3 atom stereocenters. The third-order valence-electron chi connectivity index (χ3n) is 7.35. The van der Waals surface area contributed by atoms with Gasteiger partial charge in [-0.2, -0.15) is 0 Å². The molecule has 1 aliphatic heterocycles. The van der Waals surface area contributed by atoms with E-state index in [-0.39, 0.29) is 30.2 Å². The molecule has 2 aromatic carbocycles. The van der Waals surface area contributed by atoms with Crippen molar-refractivity contribution in [2.24, 2.45) is 10.9 Å². The lowest BCUT2D eigenvalue weighted by Crippen LogP contribution is -2.38. The number of thiophene rings is 1. The monoisotopic (exact) mass is 529 g/mol. The average Bonchev–Trinajstić information content (AvgIpc) is 3.47. The number of ether oxygens (including phenoxy) is 3. The molecular weight excluding hydrogens is 498 g/mol. The highest BCUT2D eigenvalue weighted by molar-refractivity contribution is 7.10. The molecule has 3 aromatic rings. The van der Waals surface area contributed by atoms with E-state index >= 15 is 0 Å². The number of rotatable bonds is 8. The van der Waals surface area contributed by atoms with Crippen LogP contribution in [-0.2, 0) is 20.7 Å². The zero-order chi connectivity index (χ0) is 26.6. The number of methoxy groups -OCH3 is 2. The summed E-state index contributed by atoms with van der Waals surface area (Å²) in [5.74, 6) is -0.0532. The van der Waals surface area contributed by atoms with Gasteiger partial charge in [0.2, 0.25) is 0 Å². The number of esters is 1. The van der Waals surface area contributed by atoms with E-state index in [1.807, 2.05) is 73.0 Å². The van der Waals surface area contributed by atoms with Gasteiger partial charge < -0.3 is 14.2 Å². The summed E-state index contributed by atoms with van der Waals surface area (Å²) in [6, 6.07) is 19.7. The summed E-state index contributed by atoms with van der Waals surface area (Å²) in [6.45, 7) is 2.16. The van der Waals surface area contributed by atoms with Gasteiger partial charge in [-0.3, -0.25) is 14.6 Å². The first-order valence-electron chi connectivity index (χ1n) is 12.8. The van der Waals surface area contributed by atoms with E-state index < -0.39 is 5.92 Å². The van der Waals surface area contributed by atoms with Gasteiger partial charge in [0.25, 0.3) is 0 Å². The summed E-state index contributed by atoms with van der Waals surface area (Å²) < 4.78 is 16.6. The predicted molar refractivity (Wildman–Crippen MR) is 148 cm³/mol. The van der Waals surface area contributed by atoms with E-state index in [1.54, 1.807) is 25.6 Å². The predicted octanol–water partition coefficient (Wildman–Crippen LogP) is 6.13. The van der Waals surface area contributed by atoms with E-state index in [2.05, 4.69) is 0 Å². The highest BCUT2D eigenvalue weighted by Crippen LogP contribution is 2.48. The number of nitrogens with zero attached hydrogens (tertiary/aromatic N) is 1. The topological polar surface area (TPSA) is 74.2 Å². The largest absolute Gasteiger partial charge is 0.493 e. The molecule has 0 fully saturated rings. The second kappa shape index (κ2) is 11.4. The molecule has 0 amide bonds. The fourth-order valence-electron chi connectivity index (χ4n) is 5.49. The van der Waals surface area contributed by atoms with Crippen molar-refractivity contribution in [2.45, 2.75) is 38.0 Å². The molecule has 1 aromatic heterocycles. The zero-order valence-electron chi connectivity index (χ0n) is 21.8. The minimum atomic E-state index is -0.621. The van der Waals surface area contributed by atoms with Gasteiger partial charge in [0, 0.05) is 40.6 Å². The minimum Gasteiger partial charge on any atom is -0.493 e. The summed E-state index contributed by atoms with van der Waals surface area (Å²) in [7, 11) is 3.21. The maximum atomic E-state index is 13.7. The number of carbonyl (C=O) groups is 2. The number of benzene rings is 2. The molecular formula is C31H31NO5S. The quantitative estimate of drug-likeness (QED) is 0.329. The lowest BCUT2D eigenvalue weighted by Gasteiger charge is -2.36. The first-order chi connectivity index (χ1) is 18.5. The molecule has 0 saturated heterocycles. The van der Waals surface area contributed by atoms with Crippen LogP contribution in [0.25, 0.3) is 0 Å². The van der Waals surface area contributed by atoms with E-state index in [0.717, 1.165) is 21.7 Å². The minimum absolute atomic E-state index is 0.0303. The molecule has 0 saturated carbocycles. The molecule has 0 bridgehead atoms. The first-order valence-corrected chi connectivity index (χ1v) is 13.7. The maximum Gasteiger partial charge on any atom is 0.315 e. The van der Waals surface area contributed by atoms with Crippen LogP contribution < -0.4 is 9.47 Å². The van der Waals surface area contributed by atoms with Crippen LogP contribution in [0.1, 0.15) is 47.6 Å². The highest BCUT2D eigenvalue weighted by Gasteiger charge is 2.45. The number of carbonyl (C=O) groups excluding carboxylic acids is 2. The van der Waals surface area contributed by atoms with Crippen molar-refractivity contribution in [3.63, 3.8) is 0 Å². The van der Waals surface area contributed by atoms with Crippen LogP contribution in [0.5, 0.6) is 11.5 Å². The Bertz CT molecular complexity index is 1380. The number of allylic oxidation sites excluding steroid dienone is 2. The molecule has 2 aliphatic rings. The fourth-order valence-corrected chi connectivity index (χ4v) is 6.36. The smallest absolute Gasteiger partial charge is 0.315 e. The molecule has 0 spiro atoms. The summed E-state index contributed by atoms with van der Waals surface area (Å²) >= 11 is 1.56. The van der Waals surface area contributed by atoms with Crippen LogP contribution in [0.4, 0.5) is 0 Å². The zero-order valence-corrected chi connectivity index (χ0v) is 22.6. The van der Waals surface area contributed by atoms with Gasteiger partial charge in [-0.05, 0) is 54.0 Å². The molecule has 0 N–H and O–H groups in total. The summed E-state index contributed by atoms with van der Waals surface area (Å²) in [4.78, 5) is 33.0. The summed E-state index contributed by atoms with van der Waals surface area (Å²) in [5, 5.41) is 1.98. The van der Waals surface area contributed by atoms with Gasteiger partial charge in [-0.15, -0.1) is 11.3 Å². The van der Waals surface area contributed by atoms with Crippen LogP contribution in [0.15, 0.2) is 82.3 Å². The van der Waals surface area contributed by atoms with Crippen LogP contribution in [0.3, 0.4) is 0 Å². The normalized spacial score (nSPS) is 21.0.